The van der Waals surface area contributed by atoms with Gasteiger partial charge in [-0.15, -0.1) is 11.3 Å². The van der Waals surface area contributed by atoms with Crippen LogP contribution in [0.25, 0.3) is 20.7 Å². The van der Waals surface area contributed by atoms with Crippen molar-refractivity contribution in [2.24, 2.45) is 5.10 Å². The standard InChI is InChI=1S/C20H15N3O2S/c1-25-16-9-5-6-14(10-16)12-22-23-13-21-19-17(20(23)24)11-18(26-19)15-7-3-2-4-8-15/h2-13H,1H3. The third-order valence-corrected chi connectivity index (χ3v) is 5.01. The van der Waals surface area contributed by atoms with Crippen molar-refractivity contribution in [1.29, 1.82) is 0 Å². The summed E-state index contributed by atoms with van der Waals surface area (Å²) >= 11 is 1.50. The summed E-state index contributed by atoms with van der Waals surface area (Å²) in [7, 11) is 1.61. The van der Waals surface area contributed by atoms with E-state index in [4.69, 9.17) is 4.74 Å². The summed E-state index contributed by atoms with van der Waals surface area (Å²) in [4.78, 5) is 18.8. The Morgan fingerprint density at radius 1 is 1.12 bits per heavy atom. The van der Waals surface area contributed by atoms with Crippen LogP contribution in [-0.2, 0) is 0 Å². The zero-order valence-electron chi connectivity index (χ0n) is 14.0. The van der Waals surface area contributed by atoms with Crippen molar-refractivity contribution in [3.8, 4) is 16.2 Å². The van der Waals surface area contributed by atoms with E-state index in [9.17, 15) is 4.79 Å². The zero-order valence-corrected chi connectivity index (χ0v) is 14.8. The van der Waals surface area contributed by atoms with Gasteiger partial charge in [-0.25, -0.2) is 4.98 Å². The van der Waals surface area contributed by atoms with Crippen molar-refractivity contribution in [3.05, 3.63) is 82.9 Å². The molecule has 2 heterocycles. The summed E-state index contributed by atoms with van der Waals surface area (Å²) in [5, 5.41) is 4.82. The van der Waals surface area contributed by atoms with Gasteiger partial charge in [0.25, 0.3) is 5.56 Å². The third kappa shape index (κ3) is 3.14. The molecule has 0 aliphatic heterocycles. The Kier molecular flexibility index (Phi) is 4.33. The Morgan fingerprint density at radius 3 is 2.77 bits per heavy atom. The molecule has 0 fully saturated rings. The number of methoxy groups -OCH3 is 1. The lowest BCUT2D eigenvalue weighted by atomic mass is 10.2. The van der Waals surface area contributed by atoms with Gasteiger partial charge in [0.1, 0.15) is 16.9 Å². The molecule has 0 saturated heterocycles. The molecule has 0 unspecified atom stereocenters. The molecule has 0 saturated carbocycles. The molecule has 0 aliphatic rings. The van der Waals surface area contributed by atoms with Crippen LogP contribution in [0.1, 0.15) is 5.56 Å². The van der Waals surface area contributed by atoms with E-state index in [1.807, 2.05) is 60.7 Å². The van der Waals surface area contributed by atoms with Crippen LogP contribution in [0.15, 0.2) is 76.9 Å². The maximum atomic E-state index is 12.7. The molecule has 26 heavy (non-hydrogen) atoms. The Bertz CT molecular complexity index is 1150. The molecule has 0 amide bonds. The Hall–Kier alpha value is -3.25. The van der Waals surface area contributed by atoms with E-state index >= 15 is 0 Å². The minimum absolute atomic E-state index is 0.187. The topological polar surface area (TPSA) is 56.5 Å². The highest BCUT2D eigenvalue weighted by Crippen LogP contribution is 2.30. The average molecular weight is 361 g/mol. The third-order valence-electron chi connectivity index (χ3n) is 3.92. The van der Waals surface area contributed by atoms with Crippen molar-refractivity contribution in [2.45, 2.75) is 0 Å². The summed E-state index contributed by atoms with van der Waals surface area (Å²) in [5.74, 6) is 0.736. The molecule has 4 rings (SSSR count). The van der Waals surface area contributed by atoms with Crippen LogP contribution >= 0.6 is 11.3 Å². The van der Waals surface area contributed by atoms with Crippen molar-refractivity contribution < 1.29 is 4.74 Å². The Morgan fingerprint density at radius 2 is 1.96 bits per heavy atom. The summed E-state index contributed by atoms with van der Waals surface area (Å²) < 4.78 is 6.45. The predicted octanol–water partition coefficient (Wildman–Crippen LogP) is 4.02. The molecular weight excluding hydrogens is 346 g/mol. The smallest absolute Gasteiger partial charge is 0.282 e. The van der Waals surface area contributed by atoms with E-state index in [1.54, 1.807) is 13.3 Å². The van der Waals surface area contributed by atoms with Gasteiger partial charge >= 0.3 is 0 Å². The van der Waals surface area contributed by atoms with E-state index in [0.717, 1.165) is 21.8 Å². The molecule has 0 aliphatic carbocycles. The first-order chi connectivity index (χ1) is 12.7. The Labute approximate surface area is 153 Å². The number of rotatable bonds is 4. The van der Waals surface area contributed by atoms with E-state index in [0.29, 0.717) is 10.2 Å². The maximum Gasteiger partial charge on any atom is 0.282 e. The van der Waals surface area contributed by atoms with Gasteiger partial charge in [0, 0.05) is 4.88 Å². The SMILES string of the molecule is COc1cccc(C=Nn2cnc3sc(-c4ccccc4)cc3c2=O)c1. The number of aromatic nitrogens is 2. The second kappa shape index (κ2) is 6.93. The zero-order chi connectivity index (χ0) is 17.9. The lowest BCUT2D eigenvalue weighted by Gasteiger charge is -2.00. The molecule has 4 aromatic rings. The van der Waals surface area contributed by atoms with Gasteiger partial charge in [0.2, 0.25) is 0 Å². The molecule has 2 aromatic carbocycles. The van der Waals surface area contributed by atoms with Gasteiger partial charge in [-0.05, 0) is 29.3 Å². The fourth-order valence-electron chi connectivity index (χ4n) is 2.59. The van der Waals surface area contributed by atoms with Gasteiger partial charge in [-0.1, -0.05) is 42.5 Å². The normalized spacial score (nSPS) is 11.3. The highest BCUT2D eigenvalue weighted by atomic mass is 32.1. The van der Waals surface area contributed by atoms with Crippen LogP contribution in [0.2, 0.25) is 0 Å². The summed E-state index contributed by atoms with van der Waals surface area (Å²) in [5.41, 5.74) is 1.72. The van der Waals surface area contributed by atoms with Crippen LogP contribution in [0.4, 0.5) is 0 Å². The van der Waals surface area contributed by atoms with Crippen LogP contribution in [-0.4, -0.2) is 23.0 Å². The maximum absolute atomic E-state index is 12.7. The van der Waals surface area contributed by atoms with Gasteiger partial charge in [0.15, 0.2) is 0 Å². The number of thiophene rings is 1. The van der Waals surface area contributed by atoms with E-state index in [2.05, 4.69) is 10.1 Å². The number of benzene rings is 2. The van der Waals surface area contributed by atoms with Gasteiger partial charge in [-0.3, -0.25) is 4.79 Å². The lowest BCUT2D eigenvalue weighted by Crippen LogP contribution is -2.16. The van der Waals surface area contributed by atoms with Crippen LogP contribution in [0.3, 0.4) is 0 Å². The largest absolute Gasteiger partial charge is 0.497 e. The van der Waals surface area contributed by atoms with Crippen LogP contribution in [0, 0.1) is 0 Å². The van der Waals surface area contributed by atoms with Crippen LogP contribution in [0.5, 0.6) is 5.75 Å². The molecule has 128 valence electrons. The van der Waals surface area contributed by atoms with E-state index in [1.165, 1.54) is 22.3 Å². The fourth-order valence-corrected chi connectivity index (χ4v) is 3.59. The molecule has 0 bridgehead atoms. The molecule has 0 spiro atoms. The second-order valence-electron chi connectivity index (χ2n) is 5.61. The lowest BCUT2D eigenvalue weighted by molar-refractivity contribution is 0.415. The molecule has 6 heteroatoms. The highest BCUT2D eigenvalue weighted by Gasteiger charge is 2.09. The summed E-state index contributed by atoms with van der Waals surface area (Å²) in [6, 6.07) is 19.3. The van der Waals surface area contributed by atoms with E-state index in [-0.39, 0.29) is 5.56 Å². The van der Waals surface area contributed by atoms with Crippen molar-refractivity contribution in [1.82, 2.24) is 9.66 Å². The van der Waals surface area contributed by atoms with Gasteiger partial charge in [-0.2, -0.15) is 9.78 Å². The molecule has 0 atom stereocenters. The van der Waals surface area contributed by atoms with Gasteiger partial charge < -0.3 is 4.74 Å². The van der Waals surface area contributed by atoms with Crippen molar-refractivity contribution >= 4 is 27.8 Å². The van der Waals surface area contributed by atoms with Crippen molar-refractivity contribution in [2.75, 3.05) is 7.11 Å². The monoisotopic (exact) mass is 361 g/mol. The quantitative estimate of drug-likeness (QED) is 0.516. The van der Waals surface area contributed by atoms with Crippen LogP contribution < -0.4 is 10.3 Å². The second-order valence-corrected chi connectivity index (χ2v) is 6.64. The van der Waals surface area contributed by atoms with Gasteiger partial charge in [0.05, 0.1) is 18.7 Å². The first-order valence-corrected chi connectivity index (χ1v) is 8.81. The molecule has 5 nitrogen and oxygen atoms in total. The first-order valence-electron chi connectivity index (χ1n) is 7.99. The average Bonchev–Trinajstić information content (AvgIpc) is 3.14. The molecule has 0 radical (unpaired) electrons. The summed E-state index contributed by atoms with van der Waals surface area (Å²) in [6.07, 6.45) is 3.06. The predicted molar refractivity (Wildman–Crippen MR) is 105 cm³/mol. The minimum atomic E-state index is -0.187. The number of fused-ring (bicyclic) bond motifs is 1. The highest BCUT2D eigenvalue weighted by molar-refractivity contribution is 7.21. The minimum Gasteiger partial charge on any atom is -0.497 e. The van der Waals surface area contributed by atoms with E-state index < -0.39 is 0 Å². The fraction of sp³-hybridized carbons (Fsp3) is 0.0500. The Balaban J connectivity index is 1.71. The number of hydrogen-bond acceptors (Lipinski definition) is 5. The molecule has 2 aromatic heterocycles. The summed E-state index contributed by atoms with van der Waals surface area (Å²) in [6.45, 7) is 0. The molecule has 0 N–H and O–H groups in total. The number of nitrogens with zero attached hydrogens (tertiary/aromatic N) is 3. The number of hydrogen-bond donors (Lipinski definition) is 0. The number of ether oxygens (including phenoxy) is 1. The van der Waals surface area contributed by atoms with Crippen molar-refractivity contribution in [3.63, 3.8) is 0 Å². The molecular formula is C20H15N3O2S. The first kappa shape index (κ1) is 16.2.